The molecular formula is C12H12F2N2O7. The molecular weight excluding hydrogens is 322 g/mol. The average Bonchev–Trinajstić information content (AvgIpc) is 2.44. The summed E-state index contributed by atoms with van der Waals surface area (Å²) in [6, 6.07) is 1.46. The molecule has 126 valence electrons. The summed E-state index contributed by atoms with van der Waals surface area (Å²) < 4.78 is 33.5. The number of nitro groups is 1. The van der Waals surface area contributed by atoms with Crippen molar-refractivity contribution in [3.8, 4) is 11.5 Å². The van der Waals surface area contributed by atoms with Crippen LogP contribution >= 0.6 is 0 Å². The van der Waals surface area contributed by atoms with E-state index in [1.165, 1.54) is 0 Å². The topological polar surface area (TPSA) is 119 Å². The van der Waals surface area contributed by atoms with E-state index < -0.39 is 47.0 Å². The minimum atomic E-state index is -3.25. The van der Waals surface area contributed by atoms with Crippen LogP contribution in [-0.2, 0) is 4.79 Å². The van der Waals surface area contributed by atoms with Crippen molar-refractivity contribution in [1.82, 2.24) is 4.90 Å². The number of hydrogen-bond acceptors (Lipinski definition) is 6. The molecule has 1 aromatic carbocycles. The Balaban J connectivity index is 3.37. The van der Waals surface area contributed by atoms with E-state index in [0.29, 0.717) is 6.07 Å². The molecule has 0 aliphatic heterocycles. The standard InChI is InChI=1S/C12H12F2N2O7/c1-15(5-10(17)18)11(19)6-3-8(22-2)9(23-12(13)14)4-7(6)16(20)21/h3-4,12H,5H2,1-2H3,(H,17,18). The normalized spacial score (nSPS) is 10.3. The number of nitro benzene ring substituents is 1. The summed E-state index contributed by atoms with van der Waals surface area (Å²) in [5, 5.41) is 19.7. The highest BCUT2D eigenvalue weighted by Crippen LogP contribution is 2.36. The van der Waals surface area contributed by atoms with Gasteiger partial charge in [0.15, 0.2) is 11.5 Å². The van der Waals surface area contributed by atoms with Crippen molar-refractivity contribution >= 4 is 17.6 Å². The van der Waals surface area contributed by atoms with E-state index >= 15 is 0 Å². The largest absolute Gasteiger partial charge is 0.493 e. The predicted molar refractivity (Wildman–Crippen MR) is 70.9 cm³/mol. The second-order valence-corrected chi connectivity index (χ2v) is 4.21. The molecule has 0 unspecified atom stereocenters. The van der Waals surface area contributed by atoms with Crippen molar-refractivity contribution in [2.45, 2.75) is 6.61 Å². The van der Waals surface area contributed by atoms with Crippen LogP contribution in [0.1, 0.15) is 10.4 Å². The Morgan fingerprint density at radius 2 is 2.00 bits per heavy atom. The smallest absolute Gasteiger partial charge is 0.387 e. The Morgan fingerprint density at radius 3 is 2.43 bits per heavy atom. The van der Waals surface area contributed by atoms with Crippen LogP contribution in [0, 0.1) is 10.1 Å². The summed E-state index contributed by atoms with van der Waals surface area (Å²) in [7, 11) is 2.21. The van der Waals surface area contributed by atoms with Crippen molar-refractivity contribution in [3.05, 3.63) is 27.8 Å². The van der Waals surface area contributed by atoms with E-state index in [4.69, 9.17) is 9.84 Å². The zero-order valence-electron chi connectivity index (χ0n) is 12.0. The number of carboxylic acids is 1. The van der Waals surface area contributed by atoms with E-state index in [0.717, 1.165) is 25.1 Å². The van der Waals surface area contributed by atoms with Crippen molar-refractivity contribution in [1.29, 1.82) is 0 Å². The number of ether oxygens (including phenoxy) is 2. The summed E-state index contributed by atoms with van der Waals surface area (Å²) in [6.07, 6.45) is 0. The van der Waals surface area contributed by atoms with E-state index in [2.05, 4.69) is 4.74 Å². The first kappa shape index (κ1) is 18.1. The minimum absolute atomic E-state index is 0.331. The summed E-state index contributed by atoms with van der Waals surface area (Å²) in [6.45, 7) is -3.95. The number of amides is 1. The van der Waals surface area contributed by atoms with E-state index in [-0.39, 0.29) is 5.75 Å². The van der Waals surface area contributed by atoms with Crippen LogP contribution in [0.4, 0.5) is 14.5 Å². The summed E-state index contributed by atoms with van der Waals surface area (Å²) in [4.78, 5) is 33.5. The van der Waals surface area contributed by atoms with Gasteiger partial charge in [0.2, 0.25) is 0 Å². The zero-order valence-corrected chi connectivity index (χ0v) is 12.0. The van der Waals surface area contributed by atoms with Crippen molar-refractivity contribution in [2.75, 3.05) is 20.7 Å². The highest BCUT2D eigenvalue weighted by molar-refractivity contribution is 6.00. The van der Waals surface area contributed by atoms with Gasteiger partial charge in [-0.05, 0) is 0 Å². The van der Waals surface area contributed by atoms with Crippen LogP contribution in [0.25, 0.3) is 0 Å². The van der Waals surface area contributed by atoms with Gasteiger partial charge in [-0.3, -0.25) is 19.7 Å². The molecule has 1 aromatic rings. The number of hydrogen-bond donors (Lipinski definition) is 1. The number of likely N-dealkylation sites (N-methyl/N-ethyl adjacent to an activating group) is 1. The summed E-state index contributed by atoms with van der Waals surface area (Å²) in [5.41, 5.74) is -1.33. The first-order valence-electron chi connectivity index (χ1n) is 5.95. The number of carboxylic acid groups (broad SMARTS) is 1. The van der Waals surface area contributed by atoms with Gasteiger partial charge < -0.3 is 19.5 Å². The molecule has 1 N–H and O–H groups in total. The third-order valence-corrected chi connectivity index (χ3v) is 2.64. The Hall–Kier alpha value is -2.98. The lowest BCUT2D eigenvalue weighted by atomic mass is 10.1. The zero-order chi connectivity index (χ0) is 17.7. The Morgan fingerprint density at radius 1 is 1.39 bits per heavy atom. The first-order valence-corrected chi connectivity index (χ1v) is 5.95. The number of halogens is 2. The Labute approximate surface area is 128 Å². The molecule has 1 rings (SSSR count). The maximum atomic E-state index is 12.3. The maximum Gasteiger partial charge on any atom is 0.387 e. The van der Waals surface area contributed by atoms with Crippen LogP contribution in [0.15, 0.2) is 12.1 Å². The lowest BCUT2D eigenvalue weighted by Crippen LogP contribution is -2.32. The van der Waals surface area contributed by atoms with Crippen molar-refractivity contribution in [3.63, 3.8) is 0 Å². The van der Waals surface area contributed by atoms with Gasteiger partial charge in [-0.25, -0.2) is 0 Å². The van der Waals surface area contributed by atoms with Gasteiger partial charge in [0.25, 0.3) is 11.6 Å². The fourth-order valence-corrected chi connectivity index (χ4v) is 1.70. The third kappa shape index (κ3) is 4.49. The molecule has 0 saturated heterocycles. The maximum absolute atomic E-state index is 12.3. The predicted octanol–water partition coefficient (Wildman–Crippen LogP) is 1.36. The number of rotatable bonds is 7. The van der Waals surface area contributed by atoms with Gasteiger partial charge in [-0.15, -0.1) is 0 Å². The van der Waals surface area contributed by atoms with Gasteiger partial charge in [-0.2, -0.15) is 8.78 Å². The fourth-order valence-electron chi connectivity index (χ4n) is 1.70. The van der Waals surface area contributed by atoms with Crippen LogP contribution in [0.5, 0.6) is 11.5 Å². The SMILES string of the molecule is COc1cc(C(=O)N(C)CC(=O)O)c([N+](=O)[O-])cc1OC(F)F. The number of methoxy groups -OCH3 is 1. The van der Waals surface area contributed by atoms with Crippen LogP contribution in [0.2, 0.25) is 0 Å². The van der Waals surface area contributed by atoms with E-state index in [1.807, 2.05) is 0 Å². The molecule has 0 fully saturated rings. The monoisotopic (exact) mass is 334 g/mol. The molecule has 0 heterocycles. The number of alkyl halides is 2. The molecule has 0 aromatic heterocycles. The second kappa shape index (κ2) is 7.33. The van der Waals surface area contributed by atoms with Crippen LogP contribution < -0.4 is 9.47 Å². The van der Waals surface area contributed by atoms with E-state index in [1.54, 1.807) is 0 Å². The van der Waals surface area contributed by atoms with Gasteiger partial charge in [0.05, 0.1) is 18.1 Å². The second-order valence-electron chi connectivity index (χ2n) is 4.21. The van der Waals surface area contributed by atoms with Gasteiger partial charge >= 0.3 is 12.6 Å². The highest BCUT2D eigenvalue weighted by Gasteiger charge is 2.28. The van der Waals surface area contributed by atoms with E-state index in [9.17, 15) is 28.5 Å². The Kier molecular flexibility index (Phi) is 5.76. The van der Waals surface area contributed by atoms with Gasteiger partial charge in [0, 0.05) is 13.1 Å². The number of aliphatic carboxylic acids is 1. The van der Waals surface area contributed by atoms with Crippen molar-refractivity contribution in [2.24, 2.45) is 0 Å². The quantitative estimate of drug-likeness (QED) is 0.590. The minimum Gasteiger partial charge on any atom is -0.493 e. The third-order valence-electron chi connectivity index (χ3n) is 2.64. The molecule has 23 heavy (non-hydrogen) atoms. The summed E-state index contributed by atoms with van der Waals surface area (Å²) in [5.74, 6) is -3.26. The number of carbonyl (C=O) groups is 2. The molecule has 0 saturated carbocycles. The molecule has 0 spiro atoms. The number of carbonyl (C=O) groups excluding carboxylic acids is 1. The molecule has 0 bridgehead atoms. The van der Waals surface area contributed by atoms with Gasteiger partial charge in [-0.1, -0.05) is 0 Å². The summed E-state index contributed by atoms with van der Waals surface area (Å²) >= 11 is 0. The molecule has 0 radical (unpaired) electrons. The molecule has 11 heteroatoms. The van der Waals surface area contributed by atoms with Crippen LogP contribution in [0.3, 0.4) is 0 Å². The molecule has 0 aliphatic carbocycles. The number of benzene rings is 1. The highest BCUT2D eigenvalue weighted by atomic mass is 19.3. The molecule has 0 atom stereocenters. The lowest BCUT2D eigenvalue weighted by molar-refractivity contribution is -0.385. The average molecular weight is 334 g/mol. The van der Waals surface area contributed by atoms with Crippen molar-refractivity contribution < 1.29 is 37.9 Å². The molecule has 9 nitrogen and oxygen atoms in total. The van der Waals surface area contributed by atoms with Crippen LogP contribution in [-0.4, -0.2) is 54.1 Å². The number of nitrogens with zero attached hydrogens (tertiary/aromatic N) is 2. The first-order chi connectivity index (χ1) is 10.7. The fraction of sp³-hybridized carbons (Fsp3) is 0.333. The molecule has 0 aliphatic rings. The van der Waals surface area contributed by atoms with Gasteiger partial charge in [0.1, 0.15) is 12.1 Å². The molecule has 1 amide bonds. The Bertz CT molecular complexity index is 636. The lowest BCUT2D eigenvalue weighted by Gasteiger charge is -2.16.